The van der Waals surface area contributed by atoms with Crippen LogP contribution in [0.2, 0.25) is 0 Å². The Balaban J connectivity index is 1.59. The molecule has 0 bridgehead atoms. The van der Waals surface area contributed by atoms with Crippen molar-refractivity contribution < 1.29 is 18.3 Å². The Morgan fingerprint density at radius 3 is 1.95 bits per heavy atom. The molecule has 2 aliphatic rings. The fourth-order valence-electron chi connectivity index (χ4n) is 3.61. The van der Waals surface area contributed by atoms with Gasteiger partial charge in [-0.2, -0.15) is 8.78 Å². The van der Waals surface area contributed by atoms with Gasteiger partial charge in [0, 0.05) is 12.0 Å². The monoisotopic (exact) mass is 302 g/mol. The quantitative estimate of drug-likeness (QED) is 0.676. The minimum Gasteiger partial charge on any atom is -0.348 e. The Kier molecular flexibility index (Phi) is 7.11. The molecule has 1 aliphatic heterocycles. The zero-order valence-electron chi connectivity index (χ0n) is 13.0. The number of halogens is 2. The Morgan fingerprint density at radius 2 is 1.43 bits per heavy atom. The Bertz CT molecular complexity index is 313. The van der Waals surface area contributed by atoms with Gasteiger partial charge in [0.1, 0.15) is 0 Å². The molecular formula is C17H28F2O2. The van der Waals surface area contributed by atoms with E-state index in [1.807, 2.05) is 0 Å². The van der Waals surface area contributed by atoms with Crippen LogP contribution in [0.1, 0.15) is 58.3 Å². The smallest absolute Gasteiger partial charge is 0.271 e. The second-order valence-electron chi connectivity index (χ2n) is 6.61. The molecule has 2 fully saturated rings. The highest BCUT2D eigenvalue weighted by Gasteiger charge is 2.24. The van der Waals surface area contributed by atoms with Crippen LogP contribution in [0.5, 0.6) is 0 Å². The van der Waals surface area contributed by atoms with E-state index in [4.69, 9.17) is 9.47 Å². The predicted molar refractivity (Wildman–Crippen MR) is 79.1 cm³/mol. The molecule has 1 saturated heterocycles. The molecule has 1 saturated carbocycles. The highest BCUT2D eigenvalue weighted by molar-refractivity contribution is 4.86. The molecule has 4 heteroatoms. The van der Waals surface area contributed by atoms with Gasteiger partial charge in [0.05, 0.1) is 13.2 Å². The molecule has 0 spiro atoms. The van der Waals surface area contributed by atoms with Crippen molar-refractivity contribution in [2.75, 3.05) is 13.2 Å². The van der Waals surface area contributed by atoms with E-state index in [0.29, 0.717) is 19.1 Å². The zero-order chi connectivity index (χ0) is 15.1. The molecule has 0 aromatic rings. The fraction of sp³-hybridized carbons (Fsp3) is 0.882. The first-order chi connectivity index (χ1) is 10.2. The maximum absolute atomic E-state index is 12.1. The first kappa shape index (κ1) is 16.9. The van der Waals surface area contributed by atoms with Crippen LogP contribution in [0.25, 0.3) is 0 Å². The number of hydrogen-bond donors (Lipinski definition) is 0. The molecule has 0 N–H and O–H groups in total. The van der Waals surface area contributed by atoms with Crippen molar-refractivity contribution in [2.24, 2.45) is 17.8 Å². The van der Waals surface area contributed by atoms with Gasteiger partial charge >= 0.3 is 0 Å². The Morgan fingerprint density at radius 1 is 0.905 bits per heavy atom. The van der Waals surface area contributed by atoms with E-state index in [9.17, 15) is 8.78 Å². The van der Waals surface area contributed by atoms with Gasteiger partial charge < -0.3 is 9.47 Å². The molecule has 0 amide bonds. The standard InChI is InChI=1S/C17H28F2O2/c1-2-3-13-4-6-14(7-5-13)8-9-15-11-20-17(21-12-15)10-16(18)19/h10,13-15,17H,2-9,11-12H2,1H3. The average molecular weight is 302 g/mol. The normalized spacial score (nSPS) is 33.7. The minimum atomic E-state index is -1.73. The third kappa shape index (κ3) is 6.03. The summed E-state index contributed by atoms with van der Waals surface area (Å²) in [7, 11) is 0. The van der Waals surface area contributed by atoms with Crippen molar-refractivity contribution in [3.8, 4) is 0 Å². The van der Waals surface area contributed by atoms with Crippen molar-refractivity contribution in [3.05, 3.63) is 12.2 Å². The molecule has 0 aromatic heterocycles. The van der Waals surface area contributed by atoms with Gasteiger partial charge in [0.15, 0.2) is 6.29 Å². The molecular weight excluding hydrogens is 274 g/mol. The number of ether oxygens (including phenoxy) is 2. The van der Waals surface area contributed by atoms with Crippen LogP contribution in [0.4, 0.5) is 8.78 Å². The van der Waals surface area contributed by atoms with Gasteiger partial charge in [-0.3, -0.25) is 0 Å². The summed E-state index contributed by atoms with van der Waals surface area (Å²) in [4.78, 5) is 0. The van der Waals surface area contributed by atoms with Gasteiger partial charge in [-0.25, -0.2) is 0 Å². The number of rotatable bonds is 6. The first-order valence-electron chi connectivity index (χ1n) is 8.43. The lowest BCUT2D eigenvalue weighted by Crippen LogP contribution is -2.31. The van der Waals surface area contributed by atoms with E-state index in [2.05, 4.69) is 6.92 Å². The first-order valence-corrected chi connectivity index (χ1v) is 8.43. The maximum atomic E-state index is 12.1. The lowest BCUT2D eigenvalue weighted by molar-refractivity contribution is -0.177. The largest absolute Gasteiger partial charge is 0.348 e. The lowest BCUT2D eigenvalue weighted by Gasteiger charge is -2.31. The second-order valence-corrected chi connectivity index (χ2v) is 6.61. The molecule has 1 heterocycles. The Hall–Kier alpha value is -0.480. The minimum absolute atomic E-state index is 0.366. The highest BCUT2D eigenvalue weighted by Crippen LogP contribution is 2.34. The number of hydrogen-bond acceptors (Lipinski definition) is 2. The highest BCUT2D eigenvalue weighted by atomic mass is 19.3. The topological polar surface area (TPSA) is 18.5 Å². The van der Waals surface area contributed by atoms with E-state index >= 15 is 0 Å². The maximum Gasteiger partial charge on any atom is 0.271 e. The van der Waals surface area contributed by atoms with Crippen LogP contribution in [-0.2, 0) is 9.47 Å². The van der Waals surface area contributed by atoms with Crippen molar-refractivity contribution in [3.63, 3.8) is 0 Å². The summed E-state index contributed by atoms with van der Waals surface area (Å²) in [6.07, 6.45) is 8.67. The molecule has 1 aliphatic carbocycles. The van der Waals surface area contributed by atoms with Crippen LogP contribution in [0.15, 0.2) is 12.2 Å². The molecule has 0 atom stereocenters. The van der Waals surface area contributed by atoms with Crippen molar-refractivity contribution in [1.82, 2.24) is 0 Å². The van der Waals surface area contributed by atoms with Crippen molar-refractivity contribution >= 4 is 0 Å². The zero-order valence-corrected chi connectivity index (χ0v) is 13.0. The fourth-order valence-corrected chi connectivity index (χ4v) is 3.61. The van der Waals surface area contributed by atoms with E-state index < -0.39 is 12.4 Å². The van der Waals surface area contributed by atoms with Crippen LogP contribution in [-0.4, -0.2) is 19.5 Å². The lowest BCUT2D eigenvalue weighted by atomic mass is 9.77. The van der Waals surface area contributed by atoms with Gasteiger partial charge in [-0.05, 0) is 18.3 Å². The average Bonchev–Trinajstić information content (AvgIpc) is 2.48. The van der Waals surface area contributed by atoms with E-state index in [1.165, 1.54) is 44.9 Å². The van der Waals surface area contributed by atoms with Crippen molar-refractivity contribution in [2.45, 2.75) is 64.6 Å². The molecule has 2 rings (SSSR count). The third-order valence-corrected chi connectivity index (χ3v) is 4.90. The molecule has 2 nitrogen and oxygen atoms in total. The summed E-state index contributed by atoms with van der Waals surface area (Å²) in [5, 5.41) is 0. The summed E-state index contributed by atoms with van der Waals surface area (Å²) in [6.45, 7) is 3.35. The third-order valence-electron chi connectivity index (χ3n) is 4.90. The molecule has 0 radical (unpaired) electrons. The summed E-state index contributed by atoms with van der Waals surface area (Å²) < 4.78 is 34.8. The van der Waals surface area contributed by atoms with Gasteiger partial charge in [0.2, 0.25) is 0 Å². The van der Waals surface area contributed by atoms with Crippen molar-refractivity contribution in [1.29, 1.82) is 0 Å². The summed E-state index contributed by atoms with van der Waals surface area (Å²) >= 11 is 0. The van der Waals surface area contributed by atoms with E-state index in [0.717, 1.165) is 24.3 Å². The van der Waals surface area contributed by atoms with E-state index in [1.54, 1.807) is 0 Å². The SMILES string of the molecule is CCCC1CCC(CCC2COC(C=C(F)F)OC2)CC1. The van der Waals surface area contributed by atoms with Gasteiger partial charge in [0.25, 0.3) is 6.08 Å². The predicted octanol–water partition coefficient (Wildman–Crippen LogP) is 5.14. The summed E-state index contributed by atoms with van der Waals surface area (Å²) in [5.74, 6) is 2.17. The molecule has 21 heavy (non-hydrogen) atoms. The van der Waals surface area contributed by atoms with Crippen LogP contribution in [0, 0.1) is 17.8 Å². The van der Waals surface area contributed by atoms with Crippen LogP contribution in [0.3, 0.4) is 0 Å². The Labute approximate surface area is 126 Å². The van der Waals surface area contributed by atoms with Gasteiger partial charge in [-0.1, -0.05) is 51.9 Å². The van der Waals surface area contributed by atoms with Crippen LogP contribution >= 0.6 is 0 Å². The summed E-state index contributed by atoms with van der Waals surface area (Å²) in [5.41, 5.74) is 0. The second kappa shape index (κ2) is 8.84. The molecule has 0 unspecified atom stereocenters. The molecule has 0 aromatic carbocycles. The van der Waals surface area contributed by atoms with E-state index in [-0.39, 0.29) is 0 Å². The molecule has 122 valence electrons. The van der Waals surface area contributed by atoms with Crippen LogP contribution < -0.4 is 0 Å². The van der Waals surface area contributed by atoms with Gasteiger partial charge in [-0.15, -0.1) is 0 Å². The summed E-state index contributed by atoms with van der Waals surface area (Å²) in [6, 6.07) is 0.